The van der Waals surface area contributed by atoms with E-state index in [0.29, 0.717) is 13.0 Å². The maximum atomic E-state index is 14.0. The second kappa shape index (κ2) is 9.00. The number of ether oxygens (including phenoxy) is 2. The normalized spacial score (nSPS) is 13.7. The van der Waals surface area contributed by atoms with Crippen LogP contribution < -0.4 is 9.47 Å². The van der Waals surface area contributed by atoms with Crippen molar-refractivity contribution in [1.29, 1.82) is 0 Å². The zero-order valence-corrected chi connectivity index (χ0v) is 16.7. The smallest absolute Gasteiger partial charge is 0.250 e. The molecule has 0 unspecified atom stereocenters. The number of aromatic nitrogens is 1. The number of aryl methyl sites for hydroxylation is 2. The van der Waals surface area contributed by atoms with Gasteiger partial charge in [-0.15, -0.1) is 0 Å². The molecule has 0 fully saturated rings. The van der Waals surface area contributed by atoms with Crippen LogP contribution in [0.5, 0.6) is 11.6 Å². The summed E-state index contributed by atoms with van der Waals surface area (Å²) >= 11 is 0. The standard InChI is InChI=1S/C23H26FNO3/c1-15-11-17(8-7-16(2)26)9-10-22(15)28-14-18-5-4-6-20(18)19-12-21(24)23(27-3)25-13-19/h9-13H,4-8,14H2,1-3H3. The third kappa shape index (κ3) is 4.77. The topological polar surface area (TPSA) is 48.4 Å². The van der Waals surface area contributed by atoms with Crippen molar-refractivity contribution in [2.75, 3.05) is 13.7 Å². The molecule has 1 aromatic heterocycles. The number of hydrogen-bond acceptors (Lipinski definition) is 4. The molecule has 1 aromatic carbocycles. The van der Waals surface area contributed by atoms with Gasteiger partial charge in [0, 0.05) is 12.6 Å². The SMILES string of the molecule is COc1ncc(C2=C(COc3ccc(CCC(C)=O)cc3C)CCC2)cc1F. The number of allylic oxidation sites excluding steroid dienone is 1. The van der Waals surface area contributed by atoms with Crippen LogP contribution in [-0.2, 0) is 11.2 Å². The molecule has 0 spiro atoms. The van der Waals surface area contributed by atoms with E-state index in [0.717, 1.165) is 53.7 Å². The van der Waals surface area contributed by atoms with Gasteiger partial charge < -0.3 is 14.3 Å². The van der Waals surface area contributed by atoms with Crippen molar-refractivity contribution < 1.29 is 18.7 Å². The van der Waals surface area contributed by atoms with Crippen LogP contribution in [0.25, 0.3) is 5.57 Å². The Hall–Kier alpha value is -2.69. The summed E-state index contributed by atoms with van der Waals surface area (Å²) in [7, 11) is 1.41. The highest BCUT2D eigenvalue weighted by molar-refractivity contribution is 5.75. The summed E-state index contributed by atoms with van der Waals surface area (Å²) in [4.78, 5) is 15.2. The number of methoxy groups -OCH3 is 1. The van der Waals surface area contributed by atoms with E-state index >= 15 is 0 Å². The maximum Gasteiger partial charge on any atom is 0.250 e. The number of Topliss-reactive ketones (excluding diaryl/α,β-unsaturated/α-hetero) is 1. The van der Waals surface area contributed by atoms with Gasteiger partial charge in [0.1, 0.15) is 18.1 Å². The fraction of sp³-hybridized carbons (Fsp3) is 0.391. The average Bonchev–Trinajstić information content (AvgIpc) is 3.14. The van der Waals surface area contributed by atoms with Gasteiger partial charge in [0.15, 0.2) is 5.82 Å². The largest absolute Gasteiger partial charge is 0.489 e. The molecule has 3 rings (SSSR count). The molecular formula is C23H26FNO3. The Balaban J connectivity index is 1.71. The van der Waals surface area contributed by atoms with Crippen molar-refractivity contribution in [3.8, 4) is 11.6 Å². The quantitative estimate of drug-likeness (QED) is 0.638. The molecule has 5 heteroatoms. The summed E-state index contributed by atoms with van der Waals surface area (Å²) in [6, 6.07) is 7.54. The molecule has 1 aliphatic carbocycles. The number of carbonyl (C=O) groups is 1. The first-order chi connectivity index (χ1) is 13.5. The number of halogens is 1. The number of carbonyl (C=O) groups excluding carboxylic acids is 1. The first-order valence-electron chi connectivity index (χ1n) is 9.60. The molecule has 0 saturated carbocycles. The average molecular weight is 383 g/mol. The molecule has 1 aliphatic rings. The van der Waals surface area contributed by atoms with Crippen LogP contribution in [0.15, 0.2) is 36.0 Å². The van der Waals surface area contributed by atoms with Gasteiger partial charge in [-0.1, -0.05) is 12.1 Å². The molecule has 0 aliphatic heterocycles. The zero-order valence-electron chi connectivity index (χ0n) is 16.7. The monoisotopic (exact) mass is 383 g/mol. The van der Waals surface area contributed by atoms with Gasteiger partial charge in [-0.05, 0) is 79.5 Å². The first kappa shape index (κ1) is 20.1. The van der Waals surface area contributed by atoms with Crippen molar-refractivity contribution in [3.63, 3.8) is 0 Å². The lowest BCUT2D eigenvalue weighted by Crippen LogP contribution is -2.03. The Morgan fingerprint density at radius 1 is 1.25 bits per heavy atom. The van der Waals surface area contributed by atoms with Gasteiger partial charge in [0.05, 0.1) is 7.11 Å². The number of nitrogens with zero attached hydrogens (tertiary/aromatic N) is 1. The summed E-state index contributed by atoms with van der Waals surface area (Å²) in [5.74, 6) is 0.602. The minimum atomic E-state index is -0.448. The lowest BCUT2D eigenvalue weighted by molar-refractivity contribution is -0.116. The summed E-state index contributed by atoms with van der Waals surface area (Å²) in [6.45, 7) is 4.11. The predicted molar refractivity (Wildman–Crippen MR) is 107 cm³/mol. The summed E-state index contributed by atoms with van der Waals surface area (Å²) < 4.78 is 25.0. The molecule has 0 atom stereocenters. The van der Waals surface area contributed by atoms with Crippen LogP contribution in [0.4, 0.5) is 4.39 Å². The second-order valence-corrected chi connectivity index (χ2v) is 7.24. The fourth-order valence-corrected chi connectivity index (χ4v) is 3.57. The van der Waals surface area contributed by atoms with Gasteiger partial charge in [-0.2, -0.15) is 0 Å². The molecular weight excluding hydrogens is 357 g/mol. The van der Waals surface area contributed by atoms with Gasteiger partial charge >= 0.3 is 0 Å². The Bertz CT molecular complexity index is 905. The second-order valence-electron chi connectivity index (χ2n) is 7.24. The van der Waals surface area contributed by atoms with E-state index < -0.39 is 5.82 Å². The van der Waals surface area contributed by atoms with Crippen LogP contribution in [0.1, 0.15) is 49.3 Å². The van der Waals surface area contributed by atoms with Gasteiger partial charge in [-0.3, -0.25) is 0 Å². The first-order valence-corrected chi connectivity index (χ1v) is 9.60. The van der Waals surface area contributed by atoms with Crippen molar-refractivity contribution >= 4 is 11.4 Å². The minimum absolute atomic E-state index is 0.0145. The van der Waals surface area contributed by atoms with Gasteiger partial charge in [-0.25, -0.2) is 9.37 Å². The molecule has 2 aromatic rings. The Morgan fingerprint density at radius 3 is 2.75 bits per heavy atom. The highest BCUT2D eigenvalue weighted by Crippen LogP contribution is 2.35. The third-order valence-corrected chi connectivity index (χ3v) is 5.09. The van der Waals surface area contributed by atoms with Crippen LogP contribution in [0, 0.1) is 12.7 Å². The van der Waals surface area contributed by atoms with E-state index in [9.17, 15) is 9.18 Å². The van der Waals surface area contributed by atoms with Gasteiger partial charge in [0.25, 0.3) is 0 Å². The van der Waals surface area contributed by atoms with Crippen LogP contribution >= 0.6 is 0 Å². The van der Waals surface area contributed by atoms with E-state index in [-0.39, 0.29) is 11.7 Å². The molecule has 0 amide bonds. The van der Waals surface area contributed by atoms with Gasteiger partial charge in [0.2, 0.25) is 5.88 Å². The van der Waals surface area contributed by atoms with E-state index in [2.05, 4.69) is 11.1 Å². The number of benzene rings is 1. The van der Waals surface area contributed by atoms with Crippen molar-refractivity contribution in [1.82, 2.24) is 4.98 Å². The van der Waals surface area contributed by atoms with Crippen molar-refractivity contribution in [2.24, 2.45) is 0 Å². The Morgan fingerprint density at radius 2 is 2.07 bits per heavy atom. The van der Waals surface area contributed by atoms with Crippen molar-refractivity contribution in [3.05, 3.63) is 58.5 Å². The molecule has 0 N–H and O–H groups in total. The summed E-state index contributed by atoms with van der Waals surface area (Å²) in [6.07, 6.45) is 5.85. The molecule has 0 bridgehead atoms. The highest BCUT2D eigenvalue weighted by Gasteiger charge is 2.19. The summed E-state index contributed by atoms with van der Waals surface area (Å²) in [5, 5.41) is 0. The minimum Gasteiger partial charge on any atom is -0.489 e. The summed E-state index contributed by atoms with van der Waals surface area (Å²) in [5.41, 5.74) is 5.29. The third-order valence-electron chi connectivity index (χ3n) is 5.09. The van der Waals surface area contributed by atoms with Crippen LogP contribution in [0.3, 0.4) is 0 Å². The Labute approximate surface area is 165 Å². The Kier molecular flexibility index (Phi) is 6.45. The highest BCUT2D eigenvalue weighted by atomic mass is 19.1. The molecule has 148 valence electrons. The zero-order chi connectivity index (χ0) is 20.1. The predicted octanol–water partition coefficient (Wildman–Crippen LogP) is 5.08. The van der Waals surface area contributed by atoms with E-state index in [4.69, 9.17) is 9.47 Å². The number of ketones is 1. The number of rotatable bonds is 8. The number of hydrogen-bond donors (Lipinski definition) is 0. The molecule has 0 radical (unpaired) electrons. The molecule has 28 heavy (non-hydrogen) atoms. The molecule has 1 heterocycles. The number of pyridine rings is 1. The lowest BCUT2D eigenvalue weighted by atomic mass is 10.0. The van der Waals surface area contributed by atoms with E-state index in [1.165, 1.54) is 18.7 Å². The molecule has 0 saturated heterocycles. The van der Waals surface area contributed by atoms with Crippen LogP contribution in [-0.4, -0.2) is 24.5 Å². The van der Waals surface area contributed by atoms with Crippen molar-refractivity contribution in [2.45, 2.75) is 46.0 Å². The van der Waals surface area contributed by atoms with E-state index in [1.54, 1.807) is 13.1 Å². The fourth-order valence-electron chi connectivity index (χ4n) is 3.57. The lowest BCUT2D eigenvalue weighted by Gasteiger charge is -2.13. The molecule has 4 nitrogen and oxygen atoms in total. The van der Waals surface area contributed by atoms with E-state index in [1.807, 2.05) is 19.1 Å². The van der Waals surface area contributed by atoms with Crippen LogP contribution in [0.2, 0.25) is 0 Å². The maximum absolute atomic E-state index is 14.0.